The van der Waals surface area contributed by atoms with Crippen LogP contribution in [0.4, 0.5) is 0 Å². The molecule has 64 valence electrons. The number of carbonyl (C=O) groups excluding carboxylic acids is 2. The van der Waals surface area contributed by atoms with Crippen molar-refractivity contribution in [3.63, 3.8) is 0 Å². The lowest BCUT2D eigenvalue weighted by atomic mass is 10.1. The Bertz CT molecular complexity index is 380. The van der Waals surface area contributed by atoms with Crippen LogP contribution in [0.25, 0.3) is 0 Å². The van der Waals surface area contributed by atoms with E-state index in [2.05, 4.69) is 17.2 Å². The van der Waals surface area contributed by atoms with Crippen LogP contribution in [0.1, 0.15) is 10.4 Å². The van der Waals surface area contributed by atoms with Crippen LogP contribution >= 0.6 is 12.2 Å². The van der Waals surface area contributed by atoms with E-state index in [1.807, 2.05) is 5.16 Å². The minimum atomic E-state index is -0.888. The molecule has 1 amide bonds. The molecule has 0 aliphatic carbocycles. The fourth-order valence-electron chi connectivity index (χ4n) is 0.805. The van der Waals surface area contributed by atoms with Crippen LogP contribution in [0.2, 0.25) is 0 Å². The van der Waals surface area contributed by atoms with Crippen molar-refractivity contribution in [3.05, 3.63) is 35.9 Å². The number of thiocarbonyl (C=S) groups is 1. The van der Waals surface area contributed by atoms with Crippen molar-refractivity contribution >= 4 is 29.1 Å². The predicted molar refractivity (Wildman–Crippen MR) is 50.8 cm³/mol. The summed E-state index contributed by atoms with van der Waals surface area (Å²) >= 11 is 4.21. The summed E-state index contributed by atoms with van der Waals surface area (Å²) in [6, 6.07) is 8.17. The van der Waals surface area contributed by atoms with Crippen molar-refractivity contribution in [1.82, 2.24) is 0 Å². The number of rotatable bonds is 2. The largest absolute Gasteiger partial charge is 0.326 e. The average molecular weight is 191 g/mol. The normalized spacial score (nSPS) is 8.62. The third-order valence-electron chi connectivity index (χ3n) is 1.38. The molecule has 3 nitrogen and oxygen atoms in total. The van der Waals surface area contributed by atoms with Gasteiger partial charge < -0.3 is 0 Å². The van der Waals surface area contributed by atoms with E-state index in [0.717, 1.165) is 0 Å². The summed E-state index contributed by atoms with van der Waals surface area (Å²) in [5, 5.41) is 1.86. The zero-order valence-corrected chi connectivity index (χ0v) is 7.38. The zero-order valence-electron chi connectivity index (χ0n) is 6.56. The second kappa shape index (κ2) is 4.40. The van der Waals surface area contributed by atoms with Crippen molar-refractivity contribution < 1.29 is 9.59 Å². The number of hydrogen-bond acceptors (Lipinski definition) is 3. The monoisotopic (exact) mass is 191 g/mol. The Kier molecular flexibility index (Phi) is 3.20. The third-order valence-corrected chi connectivity index (χ3v) is 1.47. The summed E-state index contributed by atoms with van der Waals surface area (Å²) in [4.78, 5) is 25.2. The maximum absolute atomic E-state index is 11.2. The van der Waals surface area contributed by atoms with Gasteiger partial charge in [0, 0.05) is 5.56 Å². The number of isothiocyanates is 1. The van der Waals surface area contributed by atoms with Gasteiger partial charge in [-0.1, -0.05) is 30.3 Å². The number of Topliss-reactive ketones (excluding diaryl/α,β-unsaturated/α-hetero) is 1. The van der Waals surface area contributed by atoms with Crippen molar-refractivity contribution in [2.45, 2.75) is 0 Å². The summed E-state index contributed by atoms with van der Waals surface area (Å²) < 4.78 is 0. The standard InChI is InChI=1S/C9H5NO2S/c11-8(9(12)10-6-13)7-4-2-1-3-5-7/h1-5H. The molecule has 0 fully saturated rings. The molecule has 0 heterocycles. The van der Waals surface area contributed by atoms with Gasteiger partial charge in [-0.3, -0.25) is 9.59 Å². The quantitative estimate of drug-likeness (QED) is 0.308. The molecule has 0 aliphatic rings. The highest BCUT2D eigenvalue weighted by atomic mass is 32.1. The van der Waals surface area contributed by atoms with Crippen molar-refractivity contribution in [2.24, 2.45) is 4.99 Å². The predicted octanol–water partition coefficient (Wildman–Crippen LogP) is 1.50. The highest BCUT2D eigenvalue weighted by molar-refractivity contribution is 7.78. The molecule has 0 unspecified atom stereocenters. The number of benzene rings is 1. The first-order chi connectivity index (χ1) is 6.25. The van der Waals surface area contributed by atoms with Gasteiger partial charge in [-0.15, -0.1) is 4.99 Å². The maximum Gasteiger partial charge on any atom is 0.326 e. The minimum absolute atomic E-state index is 0.307. The summed E-state index contributed by atoms with van der Waals surface area (Å²) in [5.41, 5.74) is 0.307. The van der Waals surface area contributed by atoms with Gasteiger partial charge in [-0.05, 0) is 12.2 Å². The van der Waals surface area contributed by atoms with Gasteiger partial charge >= 0.3 is 5.91 Å². The van der Waals surface area contributed by atoms with Gasteiger partial charge in [0.25, 0.3) is 5.78 Å². The molecule has 0 N–H and O–H groups in total. The maximum atomic E-state index is 11.2. The molecule has 0 aromatic heterocycles. The second-order valence-corrected chi connectivity index (χ2v) is 2.39. The van der Waals surface area contributed by atoms with E-state index in [-0.39, 0.29) is 0 Å². The van der Waals surface area contributed by atoms with Crippen LogP contribution in [-0.4, -0.2) is 16.9 Å². The summed E-state index contributed by atoms with van der Waals surface area (Å²) in [6.45, 7) is 0. The lowest BCUT2D eigenvalue weighted by Gasteiger charge is -1.92. The van der Waals surface area contributed by atoms with E-state index in [1.165, 1.54) is 0 Å². The van der Waals surface area contributed by atoms with Crippen molar-refractivity contribution in [2.75, 3.05) is 0 Å². The second-order valence-electron chi connectivity index (χ2n) is 2.20. The smallest absolute Gasteiger partial charge is 0.283 e. The molecule has 13 heavy (non-hydrogen) atoms. The Morgan fingerprint density at radius 2 is 1.85 bits per heavy atom. The van der Waals surface area contributed by atoms with Gasteiger partial charge in [0.2, 0.25) is 0 Å². The molecule has 0 bridgehead atoms. The first-order valence-corrected chi connectivity index (χ1v) is 3.88. The summed E-state index contributed by atoms with van der Waals surface area (Å²) in [7, 11) is 0. The topological polar surface area (TPSA) is 46.5 Å². The Balaban J connectivity index is 2.92. The lowest BCUT2D eigenvalue weighted by molar-refractivity contribution is -0.113. The van der Waals surface area contributed by atoms with Crippen molar-refractivity contribution in [3.8, 4) is 0 Å². The molecule has 1 rings (SSSR count). The van der Waals surface area contributed by atoms with Crippen LogP contribution in [0.5, 0.6) is 0 Å². The number of ketones is 1. The van der Waals surface area contributed by atoms with E-state index in [0.29, 0.717) is 5.56 Å². The van der Waals surface area contributed by atoms with Crippen LogP contribution in [0.15, 0.2) is 35.3 Å². The van der Waals surface area contributed by atoms with Crippen molar-refractivity contribution in [1.29, 1.82) is 0 Å². The third kappa shape index (κ3) is 2.40. The van der Waals surface area contributed by atoms with E-state index in [1.54, 1.807) is 30.3 Å². The first kappa shape index (κ1) is 9.45. The van der Waals surface area contributed by atoms with Gasteiger partial charge in [0.15, 0.2) is 0 Å². The molecular formula is C9H5NO2S. The van der Waals surface area contributed by atoms with E-state index in [9.17, 15) is 9.59 Å². The zero-order chi connectivity index (χ0) is 9.68. The van der Waals surface area contributed by atoms with Gasteiger partial charge in [0.1, 0.15) is 0 Å². The molecule has 0 spiro atoms. The van der Waals surface area contributed by atoms with Crippen LogP contribution < -0.4 is 0 Å². The number of hydrogen-bond donors (Lipinski definition) is 0. The highest BCUT2D eigenvalue weighted by Gasteiger charge is 2.13. The van der Waals surface area contributed by atoms with Crippen LogP contribution in [0.3, 0.4) is 0 Å². The molecule has 1 aromatic rings. The number of carbonyl (C=O) groups is 2. The number of amides is 1. The molecule has 0 radical (unpaired) electrons. The number of nitrogens with zero attached hydrogens (tertiary/aromatic N) is 1. The Morgan fingerprint density at radius 3 is 2.38 bits per heavy atom. The summed E-state index contributed by atoms with van der Waals surface area (Å²) in [5.74, 6) is -1.56. The molecule has 0 saturated carbocycles. The Labute approximate surface area is 80.1 Å². The molecule has 1 aromatic carbocycles. The first-order valence-electron chi connectivity index (χ1n) is 3.47. The Hall–Kier alpha value is -1.64. The van der Waals surface area contributed by atoms with E-state index in [4.69, 9.17) is 0 Å². The molecule has 0 aliphatic heterocycles. The fraction of sp³-hybridized carbons (Fsp3) is 0. The minimum Gasteiger partial charge on any atom is -0.283 e. The lowest BCUT2D eigenvalue weighted by Crippen LogP contribution is -2.10. The average Bonchev–Trinajstić information content (AvgIpc) is 2.18. The molecule has 4 heteroatoms. The van der Waals surface area contributed by atoms with Gasteiger partial charge in [-0.2, -0.15) is 0 Å². The molecule has 0 saturated heterocycles. The number of aliphatic imine (C=N–C) groups is 1. The van der Waals surface area contributed by atoms with Gasteiger partial charge in [-0.25, -0.2) is 0 Å². The SMILES string of the molecule is O=C(N=C=S)C(=O)c1ccccc1. The molecule has 0 atom stereocenters. The summed E-state index contributed by atoms with van der Waals surface area (Å²) in [6.07, 6.45) is 0. The Morgan fingerprint density at radius 1 is 1.23 bits per heavy atom. The van der Waals surface area contributed by atoms with E-state index >= 15 is 0 Å². The fourth-order valence-corrected chi connectivity index (χ4v) is 0.888. The molecular weight excluding hydrogens is 186 g/mol. The van der Waals surface area contributed by atoms with E-state index < -0.39 is 11.7 Å². The van der Waals surface area contributed by atoms with Gasteiger partial charge in [0.05, 0.1) is 5.16 Å². The van der Waals surface area contributed by atoms with Crippen LogP contribution in [-0.2, 0) is 4.79 Å². The van der Waals surface area contributed by atoms with Crippen LogP contribution in [0, 0.1) is 0 Å². The highest BCUT2D eigenvalue weighted by Crippen LogP contribution is 2.00.